The van der Waals surface area contributed by atoms with Crippen LogP contribution in [0.1, 0.15) is 5.56 Å². The van der Waals surface area contributed by atoms with Crippen LogP contribution < -0.4 is 0 Å². The van der Waals surface area contributed by atoms with Crippen LogP contribution in [0.2, 0.25) is 0 Å². The first-order chi connectivity index (χ1) is 32.2. The first-order valence-corrected chi connectivity index (χ1v) is 21.9. The lowest BCUT2D eigenvalue weighted by molar-refractivity contribution is 0.669. The van der Waals surface area contributed by atoms with Gasteiger partial charge in [0.2, 0.25) is 0 Å². The van der Waals surface area contributed by atoms with E-state index in [0.29, 0.717) is 23.1 Å². The van der Waals surface area contributed by atoms with E-state index in [0.717, 1.165) is 116 Å². The maximum Gasteiger partial charge on any atom is 0.168 e. The number of aryl methyl sites for hydroxylation is 1. The fraction of sp³-hybridized carbons (Fsp3) is 0.0172. The maximum absolute atomic E-state index is 7.09. The van der Waals surface area contributed by atoms with Gasteiger partial charge in [-0.3, -0.25) is 0 Å². The Bertz CT molecular complexity index is 4180. The molecule has 65 heavy (non-hydrogen) atoms. The number of para-hydroxylation sites is 5. The van der Waals surface area contributed by atoms with E-state index in [1.807, 2.05) is 72.8 Å². The Labute approximate surface area is 371 Å². The Kier molecular flexibility index (Phi) is 7.48. The summed E-state index contributed by atoms with van der Waals surface area (Å²) in [7, 11) is 0. The van der Waals surface area contributed by atoms with Crippen LogP contribution in [0.15, 0.2) is 203 Å². The molecule has 7 nitrogen and oxygen atoms in total. The van der Waals surface area contributed by atoms with Gasteiger partial charge < -0.3 is 18.0 Å². The van der Waals surface area contributed by atoms with Crippen molar-refractivity contribution in [1.29, 1.82) is 0 Å². The molecule has 0 spiro atoms. The van der Waals surface area contributed by atoms with E-state index >= 15 is 0 Å². The molecule has 0 amide bonds. The molecular weight excluding hydrogens is 799 g/mol. The monoisotopic (exact) mass is 833 g/mol. The van der Waals surface area contributed by atoms with Gasteiger partial charge in [-0.15, -0.1) is 0 Å². The second kappa shape index (κ2) is 13.6. The lowest BCUT2D eigenvalue weighted by Crippen LogP contribution is -2.03. The molecule has 0 unspecified atom stereocenters. The van der Waals surface area contributed by atoms with Crippen LogP contribution >= 0.6 is 0 Å². The third kappa shape index (κ3) is 5.09. The first-order valence-electron chi connectivity index (χ1n) is 21.9. The molecule has 0 aliphatic carbocycles. The lowest BCUT2D eigenvalue weighted by Gasteiger charge is -2.16. The number of nitrogens with zero attached hydrogens (tertiary/aromatic N) is 5. The summed E-state index contributed by atoms with van der Waals surface area (Å²) in [6.07, 6.45) is 0. The molecular formula is C58H35N5O2. The van der Waals surface area contributed by atoms with Crippen molar-refractivity contribution in [2.45, 2.75) is 6.92 Å². The number of rotatable bonds is 5. The van der Waals surface area contributed by atoms with Gasteiger partial charge in [0.05, 0.1) is 49.5 Å². The quantitative estimate of drug-likeness (QED) is 0.173. The summed E-state index contributed by atoms with van der Waals surface area (Å²) in [5.74, 6) is 1.73. The molecule has 0 saturated heterocycles. The fourth-order valence-electron chi connectivity index (χ4n) is 10.4. The summed E-state index contributed by atoms with van der Waals surface area (Å²) in [6, 6.07) is 67.4. The first kappa shape index (κ1) is 35.8. The van der Waals surface area contributed by atoms with Gasteiger partial charge in [-0.2, -0.15) is 0 Å². The number of aromatic nitrogens is 5. The molecule has 0 aliphatic heterocycles. The SMILES string of the molecule is Cc1cc(-n2c3ccccc3c3c4oc5ccccc5c4c4c(c5ccccc5n4-c4ccccc4)c32)c2c(oc3ccccc32)c1-c1nc(-c2ccccc2)nc(-c2ccccc2)n1. The van der Waals surface area contributed by atoms with Crippen LogP contribution in [0.5, 0.6) is 0 Å². The van der Waals surface area contributed by atoms with E-state index in [2.05, 4.69) is 137 Å². The lowest BCUT2D eigenvalue weighted by atomic mass is 10.00. The Hall–Kier alpha value is -8.81. The van der Waals surface area contributed by atoms with E-state index in [-0.39, 0.29) is 0 Å². The predicted octanol–water partition coefficient (Wildman–Crippen LogP) is 15.2. The zero-order valence-corrected chi connectivity index (χ0v) is 35.0. The van der Waals surface area contributed by atoms with Gasteiger partial charge >= 0.3 is 0 Å². The zero-order chi connectivity index (χ0) is 42.8. The van der Waals surface area contributed by atoms with Gasteiger partial charge in [0.25, 0.3) is 0 Å². The number of hydrogen-bond acceptors (Lipinski definition) is 5. The molecule has 0 saturated carbocycles. The topological polar surface area (TPSA) is 74.8 Å². The van der Waals surface area contributed by atoms with Gasteiger partial charge in [0.15, 0.2) is 17.5 Å². The Morgan fingerprint density at radius 2 is 0.831 bits per heavy atom. The summed E-state index contributed by atoms with van der Waals surface area (Å²) in [6.45, 7) is 2.14. The molecule has 0 atom stereocenters. The minimum Gasteiger partial charge on any atom is -0.455 e. The number of furan rings is 2. The number of hydrogen-bond donors (Lipinski definition) is 0. The molecule has 304 valence electrons. The Morgan fingerprint density at radius 3 is 1.46 bits per heavy atom. The fourth-order valence-corrected chi connectivity index (χ4v) is 10.4. The van der Waals surface area contributed by atoms with Crippen molar-refractivity contribution in [1.82, 2.24) is 24.1 Å². The van der Waals surface area contributed by atoms with Crippen molar-refractivity contribution < 1.29 is 8.83 Å². The molecule has 7 heteroatoms. The highest BCUT2D eigenvalue weighted by molar-refractivity contribution is 6.39. The second-order valence-electron chi connectivity index (χ2n) is 16.7. The largest absolute Gasteiger partial charge is 0.455 e. The summed E-state index contributed by atoms with van der Waals surface area (Å²) in [5, 5.41) is 8.61. The average molecular weight is 834 g/mol. The summed E-state index contributed by atoms with van der Waals surface area (Å²) < 4.78 is 19.0. The van der Waals surface area contributed by atoms with Crippen molar-refractivity contribution in [3.8, 4) is 45.5 Å². The van der Waals surface area contributed by atoms with Crippen molar-refractivity contribution in [2.75, 3.05) is 0 Å². The van der Waals surface area contributed by atoms with Crippen LogP contribution in [0.3, 0.4) is 0 Å². The van der Waals surface area contributed by atoms with Crippen molar-refractivity contribution >= 4 is 87.5 Å². The van der Waals surface area contributed by atoms with Crippen molar-refractivity contribution in [3.63, 3.8) is 0 Å². The number of fused-ring (bicyclic) bond motifs is 15. The standard InChI is InChI=1S/C58H35N5O2/c1-34-33-44(48-40-27-13-17-31-45(40)64-54(48)47(34)58-60-56(35-19-5-2-6-20-35)59-57(61-58)36-21-7-3-8-22-36)63-43-30-16-12-26-39(43)50-53(63)49-38-25-11-15-29-42(38)62(37-23-9-4-10-24-37)52(49)51-41-28-14-18-32-46(41)65-55(50)51/h2-33H,1H3. The predicted molar refractivity (Wildman–Crippen MR) is 264 cm³/mol. The van der Waals surface area contributed by atoms with E-state index in [4.69, 9.17) is 23.8 Å². The highest BCUT2D eigenvalue weighted by Crippen LogP contribution is 2.51. The van der Waals surface area contributed by atoms with Crippen molar-refractivity contribution in [3.05, 3.63) is 200 Å². The number of benzene rings is 9. The second-order valence-corrected chi connectivity index (χ2v) is 16.7. The van der Waals surface area contributed by atoms with E-state index in [9.17, 15) is 0 Å². The van der Waals surface area contributed by atoms with Crippen LogP contribution in [0, 0.1) is 6.92 Å². The zero-order valence-electron chi connectivity index (χ0n) is 35.0. The molecule has 0 radical (unpaired) electrons. The minimum absolute atomic E-state index is 0.547. The molecule has 0 N–H and O–H groups in total. The highest BCUT2D eigenvalue weighted by atomic mass is 16.3. The Balaban J connectivity index is 1.18. The van der Waals surface area contributed by atoms with Gasteiger partial charge in [-0.1, -0.05) is 152 Å². The molecule has 14 rings (SSSR count). The maximum atomic E-state index is 7.09. The molecule has 0 aliphatic rings. The molecule has 9 aromatic carbocycles. The summed E-state index contributed by atoms with van der Waals surface area (Å²) >= 11 is 0. The van der Waals surface area contributed by atoms with Crippen LogP contribution in [0.25, 0.3) is 133 Å². The van der Waals surface area contributed by atoms with Gasteiger partial charge in [-0.25, -0.2) is 15.0 Å². The minimum atomic E-state index is 0.547. The van der Waals surface area contributed by atoms with Gasteiger partial charge in [-0.05, 0) is 55.0 Å². The van der Waals surface area contributed by atoms with E-state index in [1.54, 1.807) is 0 Å². The summed E-state index contributed by atoms with van der Waals surface area (Å²) in [4.78, 5) is 15.5. The highest BCUT2D eigenvalue weighted by Gasteiger charge is 2.30. The van der Waals surface area contributed by atoms with Crippen LogP contribution in [-0.4, -0.2) is 24.1 Å². The molecule has 5 heterocycles. The molecule has 0 fully saturated rings. The molecule has 14 aromatic rings. The van der Waals surface area contributed by atoms with Crippen LogP contribution in [0.4, 0.5) is 0 Å². The van der Waals surface area contributed by atoms with E-state index in [1.165, 1.54) is 0 Å². The smallest absolute Gasteiger partial charge is 0.168 e. The third-order valence-corrected chi connectivity index (χ3v) is 13.1. The van der Waals surface area contributed by atoms with Gasteiger partial charge in [0, 0.05) is 43.7 Å². The van der Waals surface area contributed by atoms with Crippen molar-refractivity contribution in [2.24, 2.45) is 0 Å². The molecule has 0 bridgehead atoms. The van der Waals surface area contributed by atoms with Crippen LogP contribution in [-0.2, 0) is 0 Å². The van der Waals surface area contributed by atoms with E-state index < -0.39 is 0 Å². The van der Waals surface area contributed by atoms with Gasteiger partial charge in [0.1, 0.15) is 22.3 Å². The molecule has 5 aromatic heterocycles. The normalized spacial score (nSPS) is 12.1. The summed E-state index contributed by atoms with van der Waals surface area (Å²) in [5.41, 5.74) is 13.2. The Morgan fingerprint density at radius 1 is 0.385 bits per heavy atom. The average Bonchev–Trinajstić information content (AvgIpc) is 4.12. The third-order valence-electron chi connectivity index (χ3n) is 13.1.